The van der Waals surface area contributed by atoms with E-state index in [1.807, 2.05) is 13.0 Å². The third-order valence-corrected chi connectivity index (χ3v) is 16.6. The summed E-state index contributed by atoms with van der Waals surface area (Å²) in [7, 11) is 1.70. The molecule has 5 aliphatic rings. The van der Waals surface area contributed by atoms with Crippen LogP contribution in [0.25, 0.3) is 70.0 Å². The lowest BCUT2D eigenvalue weighted by molar-refractivity contribution is 0.276. The number of nitrogens with zero attached hydrogens (tertiary/aromatic N) is 3. The number of amidine groups is 1. The molecule has 324 valence electrons. The van der Waals surface area contributed by atoms with Crippen molar-refractivity contribution in [2.24, 2.45) is 16.8 Å². The van der Waals surface area contributed by atoms with Gasteiger partial charge in [-0.2, -0.15) is 0 Å². The standard InChI is InChI=1S/C56H40N6O2S3/c1-4-5-10-29(2)42-24-26-45(66-42)55-59-37-15-7-12-31-34(19-22-40(61-55)48(31)37)51-52(63)50(53(51)64-3)33-18-21-39-47-30(33)11-6-14-36(47)57-54(58-39)35-20-23-41-49-32(35)13-8-16-38(49)60-56(62-41)46-27-25-44(67-46)43-17-9-28-65-43/h4-28,30,33,57-58,63H,1-3H3,(H,59,61)/b5-4-,29-10+,54-35?. The van der Waals surface area contributed by atoms with Crippen LogP contribution in [0, 0.1) is 11.8 Å². The van der Waals surface area contributed by atoms with Crippen molar-refractivity contribution in [3.05, 3.63) is 206 Å². The molecule has 0 fully saturated rings. The van der Waals surface area contributed by atoms with Crippen molar-refractivity contribution in [2.45, 2.75) is 13.8 Å². The molecule has 3 aliphatic carbocycles. The average Bonchev–Trinajstić information content (AvgIpc) is 4.18. The molecule has 0 amide bonds. The number of allylic oxidation sites excluding steroid dienone is 12. The number of ether oxygens (including phenoxy) is 1. The van der Waals surface area contributed by atoms with Gasteiger partial charge in [0.05, 0.1) is 39.2 Å². The van der Waals surface area contributed by atoms with E-state index < -0.39 is 0 Å². The number of methoxy groups -OCH3 is 1. The number of hydrogen-bond acceptors (Lipinski definition) is 11. The fraction of sp³-hybridized carbons (Fsp3) is 0.0893. The van der Waals surface area contributed by atoms with Crippen LogP contribution in [0.3, 0.4) is 0 Å². The molecule has 4 N–H and O–H groups in total. The van der Waals surface area contributed by atoms with Crippen molar-refractivity contribution >= 4 is 101 Å². The molecule has 13 rings (SSSR count). The van der Waals surface area contributed by atoms with Gasteiger partial charge >= 0.3 is 0 Å². The molecule has 2 aliphatic heterocycles. The molecule has 0 saturated carbocycles. The second-order valence-electron chi connectivity index (χ2n) is 17.0. The molecule has 8 aromatic rings. The monoisotopic (exact) mass is 924 g/mol. The first kappa shape index (κ1) is 39.8. The third-order valence-electron chi connectivity index (χ3n) is 13.2. The molecule has 2 atom stereocenters. The summed E-state index contributed by atoms with van der Waals surface area (Å²) in [5.41, 5.74) is 10.5. The van der Waals surface area contributed by atoms with Crippen LogP contribution in [-0.2, 0) is 4.74 Å². The van der Waals surface area contributed by atoms with Gasteiger partial charge in [-0.15, -0.1) is 34.0 Å². The van der Waals surface area contributed by atoms with Crippen molar-refractivity contribution in [3.8, 4) is 20.5 Å². The largest absolute Gasteiger partial charge is 0.507 e. The number of thiophene rings is 3. The SMILES string of the molecule is C/C=C\C=C(/C)c1ccc(C2=Nc3ccc(C4=C(O)C(C5C=CC6=C7C(=CC=CC75)NC(=c5ccc7nc(-c8ccc(-c9cccs9)s8)nc8cccc5c87)N6)=C4OC)c4cccc(c34)N2)s1. The van der Waals surface area contributed by atoms with Gasteiger partial charge in [-0.3, -0.25) is 0 Å². The van der Waals surface area contributed by atoms with Gasteiger partial charge in [-0.25, -0.2) is 15.0 Å². The number of anilines is 1. The van der Waals surface area contributed by atoms with Gasteiger partial charge in [0, 0.05) is 70.7 Å². The highest BCUT2D eigenvalue weighted by molar-refractivity contribution is 7.23. The van der Waals surface area contributed by atoms with E-state index in [4.69, 9.17) is 19.7 Å². The van der Waals surface area contributed by atoms with E-state index in [0.717, 1.165) is 105 Å². The van der Waals surface area contributed by atoms with Crippen molar-refractivity contribution in [1.29, 1.82) is 0 Å². The van der Waals surface area contributed by atoms with E-state index in [-0.39, 0.29) is 17.6 Å². The summed E-state index contributed by atoms with van der Waals surface area (Å²) in [5.74, 6) is 3.23. The lowest BCUT2D eigenvalue weighted by atomic mass is 9.69. The maximum absolute atomic E-state index is 12.2. The van der Waals surface area contributed by atoms with Crippen molar-refractivity contribution in [3.63, 3.8) is 0 Å². The van der Waals surface area contributed by atoms with E-state index in [1.54, 1.807) is 41.1 Å². The lowest BCUT2D eigenvalue weighted by Gasteiger charge is -2.41. The van der Waals surface area contributed by atoms with Crippen LogP contribution in [-0.4, -0.2) is 28.0 Å². The minimum Gasteiger partial charge on any atom is -0.507 e. The second kappa shape index (κ2) is 15.5. The fourth-order valence-electron chi connectivity index (χ4n) is 10.1. The van der Waals surface area contributed by atoms with Gasteiger partial charge in [0.1, 0.15) is 23.2 Å². The van der Waals surface area contributed by atoms with Crippen LogP contribution in [0.2, 0.25) is 0 Å². The summed E-state index contributed by atoms with van der Waals surface area (Å²) in [6.07, 6.45) is 17.1. The zero-order valence-corrected chi connectivity index (χ0v) is 39.0. The average molecular weight is 925 g/mol. The number of aliphatic hydroxyl groups excluding tert-OH is 1. The molecule has 67 heavy (non-hydrogen) atoms. The summed E-state index contributed by atoms with van der Waals surface area (Å²) in [5, 5.41) is 30.6. The van der Waals surface area contributed by atoms with Crippen LogP contribution in [0.15, 0.2) is 190 Å². The molecule has 0 spiro atoms. The number of aliphatic imine (C=N–C) groups is 1. The van der Waals surface area contributed by atoms with Crippen LogP contribution in [0.5, 0.6) is 0 Å². The smallest absolute Gasteiger partial charge is 0.170 e. The van der Waals surface area contributed by atoms with E-state index in [2.05, 4.69) is 168 Å². The van der Waals surface area contributed by atoms with Gasteiger partial charge in [0.25, 0.3) is 0 Å². The Morgan fingerprint density at radius 3 is 2.46 bits per heavy atom. The molecular weight excluding hydrogens is 885 g/mol. The number of aromatic nitrogens is 2. The summed E-state index contributed by atoms with van der Waals surface area (Å²) in [6.45, 7) is 4.16. The topological polar surface area (TPSA) is 104 Å². The number of nitrogens with one attached hydrogen (secondary N) is 3. The molecule has 2 unspecified atom stereocenters. The zero-order valence-electron chi connectivity index (χ0n) is 36.5. The highest BCUT2D eigenvalue weighted by Gasteiger charge is 2.43. The normalized spacial score (nSPS) is 19.5. The first-order valence-electron chi connectivity index (χ1n) is 22.2. The molecular formula is C56H40N6O2S3. The highest BCUT2D eigenvalue weighted by atomic mass is 32.1. The minimum absolute atomic E-state index is 0.0423. The Morgan fingerprint density at radius 2 is 1.60 bits per heavy atom. The van der Waals surface area contributed by atoms with Crippen LogP contribution < -0.4 is 21.2 Å². The van der Waals surface area contributed by atoms with Crippen LogP contribution in [0.4, 0.5) is 11.4 Å². The van der Waals surface area contributed by atoms with Gasteiger partial charge in [-0.1, -0.05) is 72.9 Å². The van der Waals surface area contributed by atoms with Crippen molar-refractivity contribution < 1.29 is 9.84 Å². The summed E-state index contributed by atoms with van der Waals surface area (Å²) in [6, 6.07) is 33.7. The van der Waals surface area contributed by atoms with Crippen molar-refractivity contribution in [2.75, 3.05) is 12.4 Å². The molecule has 4 aromatic carbocycles. The summed E-state index contributed by atoms with van der Waals surface area (Å²) >= 11 is 5.19. The number of hydrogen-bond donors (Lipinski definition) is 4. The van der Waals surface area contributed by atoms with Crippen LogP contribution >= 0.6 is 34.0 Å². The first-order valence-corrected chi connectivity index (χ1v) is 24.7. The number of benzene rings is 4. The van der Waals surface area contributed by atoms with Crippen LogP contribution in [0.1, 0.15) is 29.2 Å². The van der Waals surface area contributed by atoms with E-state index in [9.17, 15) is 5.11 Å². The Labute approximate surface area is 398 Å². The molecule has 8 nitrogen and oxygen atoms in total. The Bertz CT molecular complexity index is 3800. The second-order valence-corrected chi connectivity index (χ2v) is 20.1. The lowest BCUT2D eigenvalue weighted by Crippen LogP contribution is -2.41. The Kier molecular flexibility index (Phi) is 9.21. The predicted octanol–water partition coefficient (Wildman–Crippen LogP) is 13.3. The molecule has 4 aromatic heterocycles. The molecule has 0 saturated heterocycles. The maximum Gasteiger partial charge on any atom is 0.170 e. The Hall–Kier alpha value is -7.57. The number of rotatable bonds is 8. The zero-order chi connectivity index (χ0) is 44.9. The molecule has 0 radical (unpaired) electrons. The predicted molar refractivity (Wildman–Crippen MR) is 279 cm³/mol. The van der Waals surface area contributed by atoms with E-state index in [1.165, 1.54) is 20.2 Å². The summed E-state index contributed by atoms with van der Waals surface area (Å²) in [4.78, 5) is 21.1. The maximum atomic E-state index is 12.2. The third kappa shape index (κ3) is 6.26. The van der Waals surface area contributed by atoms with Crippen molar-refractivity contribution in [1.82, 2.24) is 20.6 Å². The molecule has 11 heteroatoms. The highest BCUT2D eigenvalue weighted by Crippen LogP contribution is 2.53. The first-order chi connectivity index (χ1) is 32.9. The molecule has 6 heterocycles. The van der Waals surface area contributed by atoms with E-state index in [0.29, 0.717) is 11.3 Å². The molecule has 0 bridgehead atoms. The van der Waals surface area contributed by atoms with Gasteiger partial charge in [0.15, 0.2) is 5.82 Å². The van der Waals surface area contributed by atoms with E-state index >= 15 is 0 Å². The van der Waals surface area contributed by atoms with Gasteiger partial charge in [-0.05, 0) is 114 Å². The van der Waals surface area contributed by atoms with Gasteiger partial charge in [0.2, 0.25) is 0 Å². The quantitative estimate of drug-likeness (QED) is 0.113. The fourth-order valence-corrected chi connectivity index (χ4v) is 12.8. The summed E-state index contributed by atoms with van der Waals surface area (Å²) < 4.78 is 6.20. The Morgan fingerprint density at radius 1 is 0.761 bits per heavy atom. The van der Waals surface area contributed by atoms with Gasteiger partial charge < -0.3 is 25.8 Å². The Balaban J connectivity index is 0.812. The minimum atomic E-state index is -0.151. The number of aliphatic hydroxyl groups is 1.